The Morgan fingerprint density at radius 3 is 2.60 bits per heavy atom. The van der Waals surface area contributed by atoms with Gasteiger partial charge in [-0.2, -0.15) is 0 Å². The van der Waals surface area contributed by atoms with E-state index in [4.69, 9.17) is 5.11 Å². The Morgan fingerprint density at radius 1 is 1.35 bits per heavy atom. The lowest BCUT2D eigenvalue weighted by Gasteiger charge is -2.12. The van der Waals surface area contributed by atoms with Crippen LogP contribution in [0.2, 0.25) is 0 Å². The smallest absolute Gasteiger partial charge is 0.232 e. The Morgan fingerprint density at radius 2 is 2.05 bits per heavy atom. The summed E-state index contributed by atoms with van der Waals surface area (Å²) in [5.41, 5.74) is 2.22. The molecule has 0 aliphatic heterocycles. The minimum Gasteiger partial charge on any atom is -0.395 e. The lowest BCUT2D eigenvalue weighted by atomic mass is 10.1. The van der Waals surface area contributed by atoms with E-state index in [0.29, 0.717) is 12.1 Å². The Kier molecular flexibility index (Phi) is 6.05. The van der Waals surface area contributed by atoms with Gasteiger partial charge in [-0.05, 0) is 36.6 Å². The van der Waals surface area contributed by atoms with E-state index in [1.54, 1.807) is 12.1 Å². The van der Waals surface area contributed by atoms with Crippen molar-refractivity contribution in [2.24, 2.45) is 5.92 Å². The van der Waals surface area contributed by atoms with E-state index in [0.717, 1.165) is 11.1 Å². The fourth-order valence-electron chi connectivity index (χ4n) is 1.72. The van der Waals surface area contributed by atoms with Crippen molar-refractivity contribution in [1.82, 2.24) is 0 Å². The highest BCUT2D eigenvalue weighted by molar-refractivity contribution is 7.92. The summed E-state index contributed by atoms with van der Waals surface area (Å²) in [5, 5.41) is 8.66. The molecule has 4 nitrogen and oxygen atoms in total. The fraction of sp³-hybridized carbons (Fsp3) is 0.467. The molecule has 0 bridgehead atoms. The summed E-state index contributed by atoms with van der Waals surface area (Å²) in [7, 11) is -3.31. The van der Waals surface area contributed by atoms with Crippen molar-refractivity contribution in [2.75, 3.05) is 17.1 Å². The molecule has 0 aromatic heterocycles. The largest absolute Gasteiger partial charge is 0.395 e. The molecule has 0 amide bonds. The van der Waals surface area contributed by atoms with E-state index in [-0.39, 0.29) is 18.3 Å². The molecule has 0 atom stereocenters. The maximum atomic E-state index is 11.9. The number of aryl methyl sites for hydroxylation is 1. The topological polar surface area (TPSA) is 66.4 Å². The lowest BCUT2D eigenvalue weighted by molar-refractivity contribution is 0.305. The molecule has 2 N–H and O–H groups in total. The van der Waals surface area contributed by atoms with Crippen molar-refractivity contribution >= 4 is 15.7 Å². The minimum absolute atomic E-state index is 0.0407. The summed E-state index contributed by atoms with van der Waals surface area (Å²) >= 11 is 0. The number of aliphatic hydroxyl groups is 1. The molecular weight excluding hydrogens is 274 g/mol. The molecule has 0 aliphatic rings. The molecule has 0 saturated heterocycles. The SMILES string of the molecule is Cc1cc(C#CCCO)ccc1NS(=O)(=O)CC(C)C. The van der Waals surface area contributed by atoms with Crippen LogP contribution in [0, 0.1) is 24.7 Å². The first-order valence-electron chi connectivity index (χ1n) is 6.55. The Balaban J connectivity index is 2.87. The predicted octanol–water partition coefficient (Wildman–Crippen LogP) is 2.13. The van der Waals surface area contributed by atoms with Crippen molar-refractivity contribution in [3.63, 3.8) is 0 Å². The number of anilines is 1. The summed E-state index contributed by atoms with van der Waals surface area (Å²) in [5.74, 6) is 5.94. The van der Waals surface area contributed by atoms with Crippen molar-refractivity contribution < 1.29 is 13.5 Å². The molecule has 1 aromatic rings. The van der Waals surface area contributed by atoms with Gasteiger partial charge >= 0.3 is 0 Å². The number of sulfonamides is 1. The van der Waals surface area contributed by atoms with Gasteiger partial charge in [-0.25, -0.2) is 8.42 Å². The van der Waals surface area contributed by atoms with Gasteiger partial charge in [0.2, 0.25) is 10.0 Å². The zero-order valence-corrected chi connectivity index (χ0v) is 12.9. The molecule has 0 unspecified atom stereocenters. The molecule has 0 heterocycles. The van der Waals surface area contributed by atoms with Gasteiger partial charge in [0.15, 0.2) is 0 Å². The number of aliphatic hydroxyl groups excluding tert-OH is 1. The summed E-state index contributed by atoms with van der Waals surface area (Å²) in [4.78, 5) is 0. The van der Waals surface area contributed by atoms with Gasteiger partial charge in [0.05, 0.1) is 18.0 Å². The fourth-order valence-corrected chi connectivity index (χ4v) is 3.25. The third-order valence-electron chi connectivity index (χ3n) is 2.51. The van der Waals surface area contributed by atoms with E-state index in [1.165, 1.54) is 0 Å². The van der Waals surface area contributed by atoms with Crippen molar-refractivity contribution in [1.29, 1.82) is 0 Å². The zero-order valence-electron chi connectivity index (χ0n) is 12.1. The van der Waals surface area contributed by atoms with Crippen LogP contribution in [0.1, 0.15) is 31.4 Å². The zero-order chi connectivity index (χ0) is 15.2. The third kappa shape index (κ3) is 5.64. The van der Waals surface area contributed by atoms with Gasteiger partial charge < -0.3 is 5.11 Å². The lowest BCUT2D eigenvalue weighted by Crippen LogP contribution is -2.20. The Hall–Kier alpha value is -1.51. The highest BCUT2D eigenvalue weighted by Crippen LogP contribution is 2.18. The van der Waals surface area contributed by atoms with E-state index in [9.17, 15) is 8.42 Å². The van der Waals surface area contributed by atoms with E-state index in [2.05, 4.69) is 16.6 Å². The van der Waals surface area contributed by atoms with Gasteiger partial charge in [-0.1, -0.05) is 25.7 Å². The van der Waals surface area contributed by atoms with Gasteiger partial charge in [-0.3, -0.25) is 4.72 Å². The molecule has 0 radical (unpaired) electrons. The van der Waals surface area contributed by atoms with Gasteiger partial charge in [-0.15, -0.1) is 0 Å². The van der Waals surface area contributed by atoms with Gasteiger partial charge in [0.1, 0.15) is 0 Å². The maximum Gasteiger partial charge on any atom is 0.232 e. The molecule has 0 spiro atoms. The van der Waals surface area contributed by atoms with E-state index < -0.39 is 10.0 Å². The second-order valence-corrected chi connectivity index (χ2v) is 6.85. The van der Waals surface area contributed by atoms with Crippen molar-refractivity contribution in [3.8, 4) is 11.8 Å². The van der Waals surface area contributed by atoms with Gasteiger partial charge in [0, 0.05) is 12.0 Å². The molecule has 1 aromatic carbocycles. The van der Waals surface area contributed by atoms with Gasteiger partial charge in [0.25, 0.3) is 0 Å². The second kappa shape index (κ2) is 7.32. The van der Waals surface area contributed by atoms with Crippen molar-refractivity contribution in [3.05, 3.63) is 29.3 Å². The predicted molar refractivity (Wildman–Crippen MR) is 82.0 cm³/mol. The third-order valence-corrected chi connectivity index (χ3v) is 4.15. The highest BCUT2D eigenvalue weighted by atomic mass is 32.2. The first kappa shape index (κ1) is 16.5. The molecule has 0 saturated carbocycles. The number of benzene rings is 1. The molecule has 20 heavy (non-hydrogen) atoms. The standard InChI is InChI=1S/C15H21NO3S/c1-12(2)11-20(18,19)16-15-8-7-14(10-13(15)3)6-4-5-9-17/h7-8,10,12,16-17H,5,9,11H2,1-3H3. The highest BCUT2D eigenvalue weighted by Gasteiger charge is 2.13. The van der Waals surface area contributed by atoms with Crippen LogP contribution in [0.5, 0.6) is 0 Å². The average Bonchev–Trinajstić information content (AvgIpc) is 2.31. The summed E-state index contributed by atoms with van der Waals surface area (Å²) < 4.78 is 26.4. The molecule has 0 aliphatic carbocycles. The Labute approximate surface area is 121 Å². The quantitative estimate of drug-likeness (QED) is 0.818. The molecular formula is C15H21NO3S. The van der Waals surface area contributed by atoms with Crippen LogP contribution in [0.4, 0.5) is 5.69 Å². The number of rotatable bonds is 5. The van der Waals surface area contributed by atoms with E-state index >= 15 is 0 Å². The molecule has 1 rings (SSSR count). The average molecular weight is 295 g/mol. The molecule has 110 valence electrons. The van der Waals surface area contributed by atoms with Crippen LogP contribution >= 0.6 is 0 Å². The maximum absolute atomic E-state index is 11.9. The monoisotopic (exact) mass is 295 g/mol. The normalized spacial score (nSPS) is 11.1. The van der Waals surface area contributed by atoms with Crippen LogP contribution < -0.4 is 4.72 Å². The minimum atomic E-state index is -3.31. The van der Waals surface area contributed by atoms with Crippen LogP contribution in [0.15, 0.2) is 18.2 Å². The summed E-state index contributed by atoms with van der Waals surface area (Å²) in [6, 6.07) is 5.32. The molecule has 0 fully saturated rings. The first-order valence-corrected chi connectivity index (χ1v) is 8.20. The van der Waals surface area contributed by atoms with Crippen LogP contribution in [-0.4, -0.2) is 25.9 Å². The first-order chi connectivity index (χ1) is 9.34. The molecule has 5 heteroatoms. The van der Waals surface area contributed by atoms with Crippen LogP contribution in [-0.2, 0) is 10.0 Å². The van der Waals surface area contributed by atoms with Crippen LogP contribution in [0.3, 0.4) is 0 Å². The number of hydrogen-bond donors (Lipinski definition) is 2. The second-order valence-electron chi connectivity index (χ2n) is 5.08. The summed E-state index contributed by atoms with van der Waals surface area (Å²) in [6.45, 7) is 5.61. The van der Waals surface area contributed by atoms with Crippen LogP contribution in [0.25, 0.3) is 0 Å². The number of hydrogen-bond acceptors (Lipinski definition) is 3. The van der Waals surface area contributed by atoms with E-state index in [1.807, 2.05) is 26.8 Å². The Bertz CT molecular complexity index is 610. The van der Waals surface area contributed by atoms with Crippen molar-refractivity contribution in [2.45, 2.75) is 27.2 Å². The number of nitrogens with one attached hydrogen (secondary N) is 1. The summed E-state index contributed by atoms with van der Waals surface area (Å²) in [6.07, 6.45) is 0.432.